The first-order valence-electron chi connectivity index (χ1n) is 8.80. The van der Waals surface area contributed by atoms with Gasteiger partial charge in [-0.15, -0.1) is 0 Å². The molecule has 0 aliphatic heterocycles. The summed E-state index contributed by atoms with van der Waals surface area (Å²) < 4.78 is 1.99. The number of likely N-dealkylation sites (N-methyl/N-ethyl adjacent to an activating group) is 1. The van der Waals surface area contributed by atoms with Gasteiger partial charge in [0.05, 0.1) is 11.0 Å². The number of carbonyl (C=O) groups is 1. The van der Waals surface area contributed by atoms with Gasteiger partial charge in [-0.25, -0.2) is 4.98 Å². The first kappa shape index (κ1) is 17.9. The molecule has 0 radical (unpaired) electrons. The lowest BCUT2D eigenvalue weighted by Gasteiger charge is -2.19. The molecule has 7 nitrogen and oxygen atoms in total. The van der Waals surface area contributed by atoms with Crippen molar-refractivity contribution in [3.05, 3.63) is 58.5 Å². The molecule has 2 aromatic heterocycles. The largest absolute Gasteiger partial charge is 0.328 e. The van der Waals surface area contributed by atoms with Gasteiger partial charge in [0.25, 0.3) is 11.5 Å². The fourth-order valence-corrected chi connectivity index (χ4v) is 2.95. The van der Waals surface area contributed by atoms with E-state index >= 15 is 0 Å². The molecule has 0 unspecified atom stereocenters. The van der Waals surface area contributed by atoms with E-state index in [4.69, 9.17) is 0 Å². The monoisotopic (exact) mass is 353 g/mol. The molecule has 136 valence electrons. The van der Waals surface area contributed by atoms with E-state index in [1.807, 2.05) is 28.8 Å². The Morgan fingerprint density at radius 3 is 2.69 bits per heavy atom. The predicted molar refractivity (Wildman–Crippen MR) is 103 cm³/mol. The fourth-order valence-electron chi connectivity index (χ4n) is 2.95. The molecular formula is C19H23N5O2. The highest BCUT2D eigenvalue weighted by Crippen LogP contribution is 2.20. The van der Waals surface area contributed by atoms with Crippen LogP contribution in [0, 0.1) is 0 Å². The number of hydrogen-bond donors (Lipinski definition) is 2. The van der Waals surface area contributed by atoms with Gasteiger partial charge in [-0.3, -0.25) is 14.9 Å². The van der Waals surface area contributed by atoms with Crippen molar-refractivity contribution < 1.29 is 4.79 Å². The van der Waals surface area contributed by atoms with Crippen molar-refractivity contribution in [3.8, 4) is 0 Å². The van der Waals surface area contributed by atoms with E-state index < -0.39 is 11.5 Å². The highest BCUT2D eigenvalue weighted by Gasteiger charge is 2.16. The maximum Gasteiger partial charge on any atom is 0.263 e. The number of imidazole rings is 1. The van der Waals surface area contributed by atoms with Gasteiger partial charge in [-0.2, -0.15) is 0 Å². The second kappa shape index (κ2) is 7.97. The number of nitrogens with zero attached hydrogens (tertiary/aromatic N) is 3. The molecule has 2 N–H and O–H groups in total. The molecule has 7 heteroatoms. The number of fused-ring (bicyclic) bond motifs is 1. The summed E-state index contributed by atoms with van der Waals surface area (Å²) >= 11 is 0. The van der Waals surface area contributed by atoms with E-state index in [9.17, 15) is 9.59 Å². The van der Waals surface area contributed by atoms with Gasteiger partial charge in [-0.1, -0.05) is 26.0 Å². The molecule has 0 saturated heterocycles. The second-order valence-corrected chi connectivity index (χ2v) is 5.97. The van der Waals surface area contributed by atoms with E-state index in [1.54, 1.807) is 6.07 Å². The zero-order valence-electron chi connectivity index (χ0n) is 15.0. The van der Waals surface area contributed by atoms with Crippen molar-refractivity contribution in [2.45, 2.75) is 20.4 Å². The zero-order chi connectivity index (χ0) is 18.5. The zero-order valence-corrected chi connectivity index (χ0v) is 15.0. The molecule has 0 saturated carbocycles. The highest BCUT2D eigenvalue weighted by molar-refractivity contribution is 6.03. The van der Waals surface area contributed by atoms with Gasteiger partial charge >= 0.3 is 0 Å². The van der Waals surface area contributed by atoms with Crippen LogP contribution in [0.5, 0.6) is 0 Å². The molecule has 2 heterocycles. The number of para-hydroxylation sites is 2. The number of amides is 1. The van der Waals surface area contributed by atoms with Crippen LogP contribution >= 0.6 is 0 Å². The average molecular weight is 353 g/mol. The van der Waals surface area contributed by atoms with Crippen LogP contribution in [0.2, 0.25) is 0 Å². The van der Waals surface area contributed by atoms with Crippen molar-refractivity contribution in [3.63, 3.8) is 0 Å². The Balaban J connectivity index is 1.92. The van der Waals surface area contributed by atoms with Gasteiger partial charge in [0.15, 0.2) is 0 Å². The summed E-state index contributed by atoms with van der Waals surface area (Å²) in [6, 6.07) is 10.9. The van der Waals surface area contributed by atoms with Crippen LogP contribution in [0.25, 0.3) is 11.0 Å². The third-order valence-corrected chi connectivity index (χ3v) is 4.48. The normalized spacial score (nSPS) is 11.2. The molecule has 1 aromatic carbocycles. The lowest BCUT2D eigenvalue weighted by Crippen LogP contribution is -2.28. The van der Waals surface area contributed by atoms with Crippen LogP contribution in [-0.2, 0) is 6.54 Å². The Hall–Kier alpha value is -2.93. The molecular weight excluding hydrogens is 330 g/mol. The van der Waals surface area contributed by atoms with Crippen molar-refractivity contribution in [1.29, 1.82) is 0 Å². The van der Waals surface area contributed by atoms with E-state index in [1.165, 1.54) is 12.3 Å². The number of pyridine rings is 1. The minimum atomic E-state index is -0.466. The van der Waals surface area contributed by atoms with Crippen LogP contribution in [-0.4, -0.2) is 45.0 Å². The number of anilines is 1. The minimum Gasteiger partial charge on any atom is -0.328 e. The molecule has 0 spiro atoms. The Kier molecular flexibility index (Phi) is 5.48. The Morgan fingerprint density at radius 2 is 1.96 bits per heavy atom. The summed E-state index contributed by atoms with van der Waals surface area (Å²) in [4.78, 5) is 33.7. The number of aromatic nitrogens is 3. The van der Waals surface area contributed by atoms with Crippen molar-refractivity contribution in [2.75, 3.05) is 25.0 Å². The summed E-state index contributed by atoms with van der Waals surface area (Å²) in [6.07, 6.45) is 1.50. The Morgan fingerprint density at radius 1 is 1.19 bits per heavy atom. The molecule has 1 amide bonds. The SMILES string of the molecule is CCN(CC)CCn1c(NC(=O)c2ccc[nH]c2=O)nc2ccccc21. The quantitative estimate of drug-likeness (QED) is 0.683. The minimum absolute atomic E-state index is 0.0647. The van der Waals surface area contributed by atoms with Gasteiger partial charge in [0.2, 0.25) is 5.95 Å². The van der Waals surface area contributed by atoms with Crippen LogP contribution < -0.4 is 10.9 Å². The predicted octanol–water partition coefficient (Wildman–Crippen LogP) is 2.32. The van der Waals surface area contributed by atoms with Crippen molar-refractivity contribution in [1.82, 2.24) is 19.4 Å². The lowest BCUT2D eigenvalue weighted by molar-refractivity contribution is 0.102. The van der Waals surface area contributed by atoms with Crippen LogP contribution in [0.4, 0.5) is 5.95 Å². The summed E-state index contributed by atoms with van der Waals surface area (Å²) in [5.41, 5.74) is 1.41. The number of carbonyl (C=O) groups excluding carboxylic acids is 1. The van der Waals surface area contributed by atoms with Crippen LogP contribution in [0.1, 0.15) is 24.2 Å². The highest BCUT2D eigenvalue weighted by atomic mass is 16.2. The summed E-state index contributed by atoms with van der Waals surface area (Å²) in [5.74, 6) is -0.0159. The fraction of sp³-hybridized carbons (Fsp3) is 0.316. The van der Waals surface area contributed by atoms with E-state index in [0.29, 0.717) is 12.5 Å². The average Bonchev–Trinajstić information content (AvgIpc) is 3.00. The van der Waals surface area contributed by atoms with Gasteiger partial charge < -0.3 is 14.5 Å². The maximum atomic E-state index is 12.5. The van der Waals surface area contributed by atoms with Gasteiger partial charge in [0, 0.05) is 19.3 Å². The maximum absolute atomic E-state index is 12.5. The molecule has 0 aliphatic carbocycles. The molecule has 0 atom stereocenters. The van der Waals surface area contributed by atoms with Crippen LogP contribution in [0.15, 0.2) is 47.4 Å². The molecule has 0 bridgehead atoms. The molecule has 3 rings (SSSR count). The Labute approximate surface area is 151 Å². The molecule has 26 heavy (non-hydrogen) atoms. The van der Waals surface area contributed by atoms with Crippen molar-refractivity contribution >= 4 is 22.9 Å². The number of nitrogens with one attached hydrogen (secondary N) is 2. The molecule has 3 aromatic rings. The number of hydrogen-bond acceptors (Lipinski definition) is 4. The number of rotatable bonds is 7. The lowest BCUT2D eigenvalue weighted by atomic mass is 10.2. The smallest absolute Gasteiger partial charge is 0.263 e. The first-order valence-corrected chi connectivity index (χ1v) is 8.80. The van der Waals surface area contributed by atoms with Gasteiger partial charge in [-0.05, 0) is 37.4 Å². The molecule has 0 fully saturated rings. The number of H-pyrrole nitrogens is 1. The topological polar surface area (TPSA) is 83.0 Å². The summed E-state index contributed by atoms with van der Waals surface area (Å²) in [7, 11) is 0. The Bertz CT molecular complexity index is 956. The van der Waals surface area contributed by atoms with Gasteiger partial charge in [0.1, 0.15) is 5.56 Å². The third-order valence-electron chi connectivity index (χ3n) is 4.48. The van der Waals surface area contributed by atoms with E-state index in [-0.39, 0.29) is 5.56 Å². The van der Waals surface area contributed by atoms with E-state index in [2.05, 4.69) is 34.0 Å². The van der Waals surface area contributed by atoms with E-state index in [0.717, 1.165) is 30.7 Å². The molecule has 0 aliphatic rings. The standard InChI is InChI=1S/C19H23N5O2/c1-3-23(4-2)12-13-24-16-10-6-5-9-15(16)21-19(24)22-18(26)14-8-7-11-20-17(14)25/h5-11H,3-4,12-13H2,1-2H3,(H,20,25)(H,21,22,26). The third kappa shape index (κ3) is 3.67. The van der Waals surface area contributed by atoms with Crippen molar-refractivity contribution in [2.24, 2.45) is 0 Å². The first-order chi connectivity index (χ1) is 12.6. The second-order valence-electron chi connectivity index (χ2n) is 5.97. The number of aromatic amines is 1. The number of benzene rings is 1. The summed E-state index contributed by atoms with van der Waals surface area (Å²) in [5, 5.41) is 2.79. The summed E-state index contributed by atoms with van der Waals surface area (Å²) in [6.45, 7) is 7.72. The van der Waals surface area contributed by atoms with Crippen LogP contribution in [0.3, 0.4) is 0 Å².